The highest BCUT2D eigenvalue weighted by molar-refractivity contribution is 6.33. The molecule has 0 bridgehead atoms. The summed E-state index contributed by atoms with van der Waals surface area (Å²) in [7, 11) is 0. The van der Waals surface area contributed by atoms with E-state index < -0.39 is 5.91 Å². The van der Waals surface area contributed by atoms with Crippen LogP contribution in [0.5, 0.6) is 0 Å². The number of benzene rings is 1. The molecule has 1 aromatic carbocycles. The normalized spacial score (nSPS) is 10.2. The molecule has 1 heterocycles. The Morgan fingerprint density at radius 3 is 2.94 bits per heavy atom. The molecule has 0 aliphatic heterocycles. The largest absolute Gasteiger partial charge is 0.378 e. The minimum Gasteiger partial charge on any atom is -0.378 e. The van der Waals surface area contributed by atoms with Gasteiger partial charge in [0.15, 0.2) is 0 Å². The number of aromatic amines is 1. The number of H-pyrrole nitrogens is 1. The van der Waals surface area contributed by atoms with Crippen LogP contribution in [0.2, 0.25) is 5.02 Å². The van der Waals surface area contributed by atoms with Crippen molar-refractivity contribution in [3.8, 4) is 0 Å². The topological polar surface area (TPSA) is 83.8 Å². The molecular formula is C11H11ClN4O. The number of carbonyl (C=O) groups is 1. The van der Waals surface area contributed by atoms with E-state index in [1.165, 1.54) is 0 Å². The van der Waals surface area contributed by atoms with Gasteiger partial charge in [-0.2, -0.15) is 5.10 Å². The summed E-state index contributed by atoms with van der Waals surface area (Å²) in [6, 6.07) is 6.70. The summed E-state index contributed by atoms with van der Waals surface area (Å²) >= 11 is 6.00. The van der Waals surface area contributed by atoms with E-state index in [1.807, 2.05) is 6.07 Å². The number of rotatable bonds is 4. The van der Waals surface area contributed by atoms with Gasteiger partial charge in [0, 0.05) is 11.8 Å². The van der Waals surface area contributed by atoms with Crippen molar-refractivity contribution in [3.63, 3.8) is 0 Å². The van der Waals surface area contributed by atoms with E-state index in [0.29, 0.717) is 22.8 Å². The highest BCUT2D eigenvalue weighted by Gasteiger charge is 2.05. The lowest BCUT2D eigenvalue weighted by molar-refractivity contribution is 0.100. The lowest BCUT2D eigenvalue weighted by Gasteiger charge is -2.08. The Morgan fingerprint density at radius 2 is 2.29 bits per heavy atom. The van der Waals surface area contributed by atoms with Crippen LogP contribution in [0.3, 0.4) is 0 Å². The lowest BCUT2D eigenvalue weighted by atomic mass is 10.2. The quantitative estimate of drug-likeness (QED) is 0.773. The van der Waals surface area contributed by atoms with Gasteiger partial charge in [-0.05, 0) is 24.3 Å². The van der Waals surface area contributed by atoms with E-state index in [2.05, 4.69) is 15.5 Å². The number of primary amides is 1. The molecule has 5 nitrogen and oxygen atoms in total. The van der Waals surface area contributed by atoms with Crippen LogP contribution in [0.1, 0.15) is 16.1 Å². The summed E-state index contributed by atoms with van der Waals surface area (Å²) in [6.07, 6.45) is 1.67. The van der Waals surface area contributed by atoms with E-state index in [9.17, 15) is 4.79 Å². The number of amides is 1. The second-order valence-electron chi connectivity index (χ2n) is 3.49. The molecular weight excluding hydrogens is 240 g/mol. The van der Waals surface area contributed by atoms with E-state index >= 15 is 0 Å². The Balaban J connectivity index is 2.14. The Morgan fingerprint density at radius 1 is 1.47 bits per heavy atom. The van der Waals surface area contributed by atoms with E-state index in [0.717, 1.165) is 5.69 Å². The van der Waals surface area contributed by atoms with Gasteiger partial charge in [-0.15, -0.1) is 0 Å². The van der Waals surface area contributed by atoms with Gasteiger partial charge in [-0.3, -0.25) is 9.89 Å². The predicted octanol–water partition coefficient (Wildman–Crippen LogP) is 1.77. The number of nitrogens with one attached hydrogen (secondary N) is 2. The maximum atomic E-state index is 11.0. The minimum absolute atomic E-state index is 0.418. The predicted molar refractivity (Wildman–Crippen MR) is 65.9 cm³/mol. The van der Waals surface area contributed by atoms with Gasteiger partial charge in [0.25, 0.3) is 0 Å². The summed E-state index contributed by atoms with van der Waals surface area (Å²) in [4.78, 5) is 11.0. The van der Waals surface area contributed by atoms with Crippen LogP contribution in [0.25, 0.3) is 0 Å². The average molecular weight is 251 g/mol. The van der Waals surface area contributed by atoms with Crippen LogP contribution < -0.4 is 11.1 Å². The van der Waals surface area contributed by atoms with Gasteiger partial charge < -0.3 is 11.1 Å². The molecule has 0 spiro atoms. The zero-order chi connectivity index (χ0) is 12.3. The molecule has 17 heavy (non-hydrogen) atoms. The molecule has 2 aromatic rings. The van der Waals surface area contributed by atoms with Crippen LogP contribution in [0, 0.1) is 0 Å². The van der Waals surface area contributed by atoms with Gasteiger partial charge in [0.05, 0.1) is 22.9 Å². The van der Waals surface area contributed by atoms with Crippen molar-refractivity contribution in [1.82, 2.24) is 10.2 Å². The molecule has 0 aliphatic rings. The average Bonchev–Trinajstić information content (AvgIpc) is 2.80. The number of nitrogens with zero attached hydrogens (tertiary/aromatic N) is 1. The van der Waals surface area contributed by atoms with Crippen molar-refractivity contribution >= 4 is 23.2 Å². The summed E-state index contributed by atoms with van der Waals surface area (Å²) in [5, 5.41) is 10.3. The van der Waals surface area contributed by atoms with Gasteiger partial charge >= 0.3 is 0 Å². The van der Waals surface area contributed by atoms with Gasteiger partial charge in [-0.25, -0.2) is 0 Å². The molecule has 6 heteroatoms. The molecule has 0 fully saturated rings. The van der Waals surface area contributed by atoms with Crippen LogP contribution in [0.4, 0.5) is 5.69 Å². The molecule has 88 valence electrons. The number of anilines is 1. The van der Waals surface area contributed by atoms with E-state index in [-0.39, 0.29) is 0 Å². The Bertz CT molecular complexity index is 524. The van der Waals surface area contributed by atoms with Gasteiger partial charge in [0.1, 0.15) is 0 Å². The highest BCUT2D eigenvalue weighted by Crippen LogP contribution is 2.23. The summed E-state index contributed by atoms with van der Waals surface area (Å²) < 4.78 is 0. The smallest absolute Gasteiger partial charge is 0.248 e. The molecule has 0 unspecified atom stereocenters. The third-order valence-corrected chi connectivity index (χ3v) is 2.61. The fraction of sp³-hybridized carbons (Fsp3) is 0.0909. The Labute approximate surface area is 103 Å². The highest BCUT2D eigenvalue weighted by atomic mass is 35.5. The number of aromatic nitrogens is 2. The first-order valence-electron chi connectivity index (χ1n) is 4.98. The molecule has 0 saturated carbocycles. The number of carbonyl (C=O) groups excluding carboxylic acids is 1. The van der Waals surface area contributed by atoms with Crippen molar-refractivity contribution in [2.24, 2.45) is 5.73 Å². The van der Waals surface area contributed by atoms with Crippen molar-refractivity contribution in [3.05, 3.63) is 46.7 Å². The van der Waals surface area contributed by atoms with Crippen LogP contribution in [-0.2, 0) is 6.54 Å². The van der Waals surface area contributed by atoms with Crippen LogP contribution in [-0.4, -0.2) is 16.1 Å². The van der Waals surface area contributed by atoms with Crippen molar-refractivity contribution in [1.29, 1.82) is 0 Å². The number of hydrogen-bond donors (Lipinski definition) is 3. The molecule has 0 atom stereocenters. The zero-order valence-electron chi connectivity index (χ0n) is 8.90. The summed E-state index contributed by atoms with van der Waals surface area (Å²) in [6.45, 7) is 0.544. The van der Waals surface area contributed by atoms with Crippen LogP contribution >= 0.6 is 11.6 Å². The third kappa shape index (κ3) is 2.76. The second kappa shape index (κ2) is 4.88. The van der Waals surface area contributed by atoms with Crippen molar-refractivity contribution in [2.45, 2.75) is 6.54 Å². The van der Waals surface area contributed by atoms with Gasteiger partial charge in [-0.1, -0.05) is 11.6 Å². The lowest BCUT2D eigenvalue weighted by Crippen LogP contribution is -2.11. The summed E-state index contributed by atoms with van der Waals surface area (Å²) in [5.74, 6) is -0.480. The Hall–Kier alpha value is -2.01. The molecule has 2 rings (SSSR count). The number of hydrogen-bond acceptors (Lipinski definition) is 3. The van der Waals surface area contributed by atoms with E-state index in [4.69, 9.17) is 17.3 Å². The minimum atomic E-state index is -0.480. The summed E-state index contributed by atoms with van der Waals surface area (Å²) in [5.41, 5.74) is 7.20. The molecule has 0 saturated heterocycles. The SMILES string of the molecule is NC(=O)c1ccc(Cl)c(NCc2ccn[nH]2)c1. The molecule has 0 radical (unpaired) electrons. The maximum absolute atomic E-state index is 11.0. The maximum Gasteiger partial charge on any atom is 0.248 e. The van der Waals surface area contributed by atoms with Gasteiger partial charge in [0.2, 0.25) is 5.91 Å². The molecule has 1 amide bonds. The Kier molecular flexibility index (Phi) is 3.30. The fourth-order valence-corrected chi connectivity index (χ4v) is 1.57. The van der Waals surface area contributed by atoms with E-state index in [1.54, 1.807) is 24.4 Å². The second-order valence-corrected chi connectivity index (χ2v) is 3.90. The zero-order valence-corrected chi connectivity index (χ0v) is 9.66. The van der Waals surface area contributed by atoms with Crippen molar-refractivity contribution in [2.75, 3.05) is 5.32 Å². The first-order chi connectivity index (χ1) is 8.16. The fourth-order valence-electron chi connectivity index (χ4n) is 1.39. The number of halogens is 1. The first-order valence-corrected chi connectivity index (χ1v) is 5.36. The van der Waals surface area contributed by atoms with Crippen molar-refractivity contribution < 1.29 is 4.79 Å². The molecule has 1 aromatic heterocycles. The third-order valence-electron chi connectivity index (χ3n) is 2.28. The van der Waals surface area contributed by atoms with Crippen LogP contribution in [0.15, 0.2) is 30.5 Å². The first kappa shape index (κ1) is 11.5. The molecule has 0 aliphatic carbocycles. The molecule has 4 N–H and O–H groups in total. The number of nitrogens with two attached hydrogens (primary N) is 1. The monoisotopic (exact) mass is 250 g/mol. The standard InChI is InChI=1S/C11H11ClN4O/c12-9-2-1-7(11(13)17)5-10(9)14-6-8-3-4-15-16-8/h1-5,14H,6H2,(H2,13,17)(H,15,16).